The number of amides is 1. The average Bonchev–Trinajstić information content (AvgIpc) is 3.64. The van der Waals surface area contributed by atoms with Crippen molar-refractivity contribution in [2.24, 2.45) is 11.3 Å². The van der Waals surface area contributed by atoms with Crippen LogP contribution in [0.2, 0.25) is 0 Å². The van der Waals surface area contributed by atoms with E-state index in [1.54, 1.807) is 29.2 Å². The molecule has 0 N–H and O–H groups in total. The fourth-order valence-corrected chi connectivity index (χ4v) is 7.11. The van der Waals surface area contributed by atoms with Crippen molar-refractivity contribution in [1.29, 1.82) is 5.26 Å². The van der Waals surface area contributed by atoms with Crippen LogP contribution in [0.15, 0.2) is 48.5 Å². The molecule has 42 heavy (non-hydrogen) atoms. The zero-order valence-electron chi connectivity index (χ0n) is 23.0. The van der Waals surface area contributed by atoms with Gasteiger partial charge in [0.1, 0.15) is 16.6 Å². The Morgan fingerprint density at radius 1 is 1.02 bits per heavy atom. The number of carbonyl (C=O) groups is 2. The number of ether oxygens (including phenoxy) is 1. The Kier molecular flexibility index (Phi) is 7.66. The number of hydrogen-bond acceptors (Lipinski definition) is 6. The lowest BCUT2D eigenvalue weighted by molar-refractivity contribution is -0.132. The second kappa shape index (κ2) is 11.3. The smallest absolute Gasteiger partial charge is 0.254 e. The molecular weight excluding hydrogens is 563 g/mol. The predicted molar refractivity (Wildman–Crippen MR) is 152 cm³/mol. The minimum absolute atomic E-state index is 0.0244. The summed E-state index contributed by atoms with van der Waals surface area (Å²) in [5, 5.41) is 10.1. The summed E-state index contributed by atoms with van der Waals surface area (Å²) in [7, 11) is 0. The Morgan fingerprint density at radius 3 is 2.33 bits per heavy atom. The predicted octanol–water partition coefficient (Wildman–Crippen LogP) is 6.87. The first-order valence-electron chi connectivity index (χ1n) is 14.2. The van der Waals surface area contributed by atoms with Gasteiger partial charge in [-0.15, -0.1) is 11.3 Å². The molecule has 10 heteroatoms. The van der Waals surface area contributed by atoms with Gasteiger partial charge in [0.05, 0.1) is 35.3 Å². The number of halogens is 3. The van der Waals surface area contributed by atoms with Crippen LogP contribution in [-0.4, -0.2) is 53.8 Å². The van der Waals surface area contributed by atoms with E-state index in [1.165, 1.54) is 23.5 Å². The van der Waals surface area contributed by atoms with Crippen molar-refractivity contribution < 1.29 is 27.5 Å². The normalized spacial score (nSPS) is 22.8. The van der Waals surface area contributed by atoms with Gasteiger partial charge in [-0.1, -0.05) is 12.1 Å². The molecule has 3 aromatic rings. The molecule has 2 atom stereocenters. The molecule has 6 rings (SSSR count). The Balaban J connectivity index is 1.37. The van der Waals surface area contributed by atoms with Gasteiger partial charge in [-0.2, -0.15) is 5.26 Å². The molecule has 6 nitrogen and oxygen atoms in total. The van der Waals surface area contributed by atoms with Gasteiger partial charge in [0, 0.05) is 55.3 Å². The van der Waals surface area contributed by atoms with Gasteiger partial charge >= 0.3 is 0 Å². The van der Waals surface area contributed by atoms with Crippen molar-refractivity contribution in [3.63, 3.8) is 0 Å². The molecule has 0 bridgehead atoms. The van der Waals surface area contributed by atoms with E-state index in [0.29, 0.717) is 61.0 Å². The highest BCUT2D eigenvalue weighted by Gasteiger charge is 2.51. The Hall–Kier alpha value is -3.55. The van der Waals surface area contributed by atoms with E-state index >= 15 is 0 Å². The summed E-state index contributed by atoms with van der Waals surface area (Å²) in [6.45, 7) is 2.04. The number of Topliss-reactive ketones (excluding diaryl/α,β-unsaturated/α-hetero) is 1. The molecule has 2 heterocycles. The number of benzene rings is 2. The number of rotatable bonds is 7. The van der Waals surface area contributed by atoms with Crippen molar-refractivity contribution in [3.8, 4) is 27.1 Å². The van der Waals surface area contributed by atoms with Gasteiger partial charge < -0.3 is 9.64 Å². The van der Waals surface area contributed by atoms with Crippen molar-refractivity contribution >= 4 is 23.0 Å². The van der Waals surface area contributed by atoms with Crippen molar-refractivity contribution in [3.05, 3.63) is 65.6 Å². The topological polar surface area (TPSA) is 83.3 Å². The van der Waals surface area contributed by atoms with Gasteiger partial charge in [-0.05, 0) is 61.2 Å². The summed E-state index contributed by atoms with van der Waals surface area (Å²) in [5.41, 5.74) is 1.79. The van der Waals surface area contributed by atoms with Crippen LogP contribution in [0, 0.1) is 28.5 Å². The van der Waals surface area contributed by atoms with Crippen LogP contribution >= 0.6 is 11.3 Å². The molecule has 3 fully saturated rings. The van der Waals surface area contributed by atoms with Gasteiger partial charge in [-0.25, -0.2) is 18.2 Å². The molecule has 218 valence electrons. The van der Waals surface area contributed by atoms with Crippen LogP contribution in [0.3, 0.4) is 0 Å². The van der Waals surface area contributed by atoms with E-state index < -0.39 is 29.6 Å². The van der Waals surface area contributed by atoms with Gasteiger partial charge in [-0.3, -0.25) is 9.59 Å². The third-order valence-corrected chi connectivity index (χ3v) is 9.80. The summed E-state index contributed by atoms with van der Waals surface area (Å²) < 4.78 is 48.5. The molecule has 1 saturated heterocycles. The summed E-state index contributed by atoms with van der Waals surface area (Å²) in [6.07, 6.45) is 0.332. The van der Waals surface area contributed by atoms with Crippen molar-refractivity contribution in [2.75, 3.05) is 26.3 Å². The number of ketones is 1. The van der Waals surface area contributed by atoms with Crippen LogP contribution in [0.4, 0.5) is 13.2 Å². The number of nitrogens with zero attached hydrogens (tertiary/aromatic N) is 3. The third-order valence-electron chi connectivity index (χ3n) is 8.63. The van der Waals surface area contributed by atoms with Crippen LogP contribution in [-0.2, 0) is 9.53 Å². The van der Waals surface area contributed by atoms with Crippen molar-refractivity contribution in [2.45, 2.75) is 50.4 Å². The molecule has 1 aromatic heterocycles. The van der Waals surface area contributed by atoms with E-state index in [0.717, 1.165) is 10.4 Å². The van der Waals surface area contributed by atoms with Crippen LogP contribution in [0.5, 0.6) is 0 Å². The standard InChI is InChI=1S/C32H30F3N3O3S/c33-23-7-5-21(6-8-23)29-37-27(24-9-10-32(34,35)17-25(24)26(39)18-31(19-36)11-12-31)28(42-29)20-1-3-22(4-2-20)30(40)38-13-15-41-16-14-38/h1-8,24-25H,9-18H2/t24-,25-/m1/s1. The second-order valence-electron chi connectivity index (χ2n) is 11.6. The van der Waals surface area contributed by atoms with E-state index in [9.17, 15) is 28.0 Å². The molecule has 2 aromatic carbocycles. The highest BCUT2D eigenvalue weighted by Crippen LogP contribution is 2.53. The molecule has 0 unspecified atom stereocenters. The lowest BCUT2D eigenvalue weighted by atomic mass is 9.71. The summed E-state index contributed by atoms with van der Waals surface area (Å²) in [5.74, 6) is -5.29. The number of morpholine rings is 1. The molecule has 1 amide bonds. The minimum atomic E-state index is -2.97. The maximum Gasteiger partial charge on any atom is 0.254 e. The number of aromatic nitrogens is 1. The quantitative estimate of drug-likeness (QED) is 0.299. The maximum absolute atomic E-state index is 14.7. The van der Waals surface area contributed by atoms with Crippen LogP contribution in [0.25, 0.3) is 21.0 Å². The summed E-state index contributed by atoms with van der Waals surface area (Å²) >= 11 is 1.35. The molecule has 2 aliphatic carbocycles. The first-order valence-corrected chi connectivity index (χ1v) is 15.0. The lowest BCUT2D eigenvalue weighted by Crippen LogP contribution is -2.40. The Bertz CT molecular complexity index is 1520. The number of alkyl halides is 2. The SMILES string of the molecule is N#CC1(CC(=O)[C@@H]2CC(F)(F)CC[C@H]2c2nc(-c3ccc(F)cc3)sc2-c2ccc(C(=O)N3CCOCC3)cc2)CC1. The lowest BCUT2D eigenvalue weighted by Gasteiger charge is -2.35. The highest BCUT2D eigenvalue weighted by atomic mass is 32.1. The van der Waals surface area contributed by atoms with E-state index in [-0.39, 0.29) is 36.8 Å². The van der Waals surface area contributed by atoms with Crippen LogP contribution < -0.4 is 0 Å². The van der Waals surface area contributed by atoms with E-state index in [1.807, 2.05) is 12.1 Å². The summed E-state index contributed by atoms with van der Waals surface area (Å²) in [4.78, 5) is 33.9. The molecule has 1 aliphatic heterocycles. The number of carbonyl (C=O) groups excluding carboxylic acids is 2. The van der Waals surface area contributed by atoms with Gasteiger partial charge in [0.15, 0.2) is 0 Å². The number of thiazole rings is 1. The monoisotopic (exact) mass is 593 g/mol. The zero-order valence-corrected chi connectivity index (χ0v) is 23.8. The molecule has 3 aliphatic rings. The number of nitriles is 1. The Morgan fingerprint density at radius 2 is 1.69 bits per heavy atom. The molecule has 0 spiro atoms. The van der Waals surface area contributed by atoms with Gasteiger partial charge in [0.2, 0.25) is 5.92 Å². The van der Waals surface area contributed by atoms with Crippen LogP contribution in [0.1, 0.15) is 60.5 Å². The third kappa shape index (κ3) is 5.86. The van der Waals surface area contributed by atoms with Crippen molar-refractivity contribution in [1.82, 2.24) is 9.88 Å². The van der Waals surface area contributed by atoms with E-state index in [4.69, 9.17) is 9.72 Å². The maximum atomic E-state index is 14.7. The Labute approximate surface area is 246 Å². The molecule has 0 radical (unpaired) electrons. The minimum Gasteiger partial charge on any atom is -0.378 e. The highest BCUT2D eigenvalue weighted by molar-refractivity contribution is 7.18. The number of hydrogen-bond donors (Lipinski definition) is 0. The fraction of sp³-hybridized carbons (Fsp3) is 0.438. The first kappa shape index (κ1) is 28.6. The second-order valence-corrected chi connectivity index (χ2v) is 12.6. The zero-order chi connectivity index (χ0) is 29.5. The largest absolute Gasteiger partial charge is 0.378 e. The van der Waals surface area contributed by atoms with Gasteiger partial charge in [0.25, 0.3) is 5.91 Å². The molecule has 2 saturated carbocycles. The summed E-state index contributed by atoms with van der Waals surface area (Å²) in [6, 6.07) is 15.3. The average molecular weight is 594 g/mol. The fourth-order valence-electron chi connectivity index (χ4n) is 5.96. The van der Waals surface area contributed by atoms with E-state index in [2.05, 4.69) is 6.07 Å². The first-order chi connectivity index (χ1) is 20.2. The molecular formula is C32H30F3N3O3S.